The maximum absolute atomic E-state index is 12.3. The molecule has 2 N–H and O–H groups in total. The van der Waals surface area contributed by atoms with Crippen molar-refractivity contribution in [3.8, 4) is 0 Å². The molecule has 0 radical (unpaired) electrons. The van der Waals surface area contributed by atoms with Gasteiger partial charge >= 0.3 is 0 Å². The van der Waals surface area contributed by atoms with Gasteiger partial charge in [-0.2, -0.15) is 0 Å². The molecule has 1 aliphatic carbocycles. The van der Waals surface area contributed by atoms with Gasteiger partial charge in [0.2, 0.25) is 0 Å². The van der Waals surface area contributed by atoms with Gasteiger partial charge in [-0.25, -0.2) is 0 Å². The van der Waals surface area contributed by atoms with Crippen LogP contribution in [-0.2, 0) is 17.8 Å². The lowest BCUT2D eigenvalue weighted by Gasteiger charge is -2.19. The zero-order valence-electron chi connectivity index (χ0n) is 11.2. The predicted octanol–water partition coefficient (Wildman–Crippen LogP) is 1.59. The highest BCUT2D eigenvalue weighted by Crippen LogP contribution is 2.22. The summed E-state index contributed by atoms with van der Waals surface area (Å²) >= 11 is 0. The van der Waals surface area contributed by atoms with Gasteiger partial charge in [0.1, 0.15) is 0 Å². The van der Waals surface area contributed by atoms with Gasteiger partial charge in [0, 0.05) is 25.8 Å². The topological polar surface area (TPSA) is 50.4 Å². The van der Waals surface area contributed by atoms with Crippen molar-refractivity contribution in [3.05, 3.63) is 34.9 Å². The van der Waals surface area contributed by atoms with Crippen LogP contribution in [0.1, 0.15) is 40.7 Å². The molecule has 0 aromatic heterocycles. The number of methoxy groups -OCH3 is 1. The SMILES string of the molecule is COC1CCCC1NC(=O)c1ccc2c(c1)CNC2. The van der Waals surface area contributed by atoms with E-state index in [1.165, 1.54) is 11.1 Å². The molecule has 0 saturated heterocycles. The molecule has 1 amide bonds. The number of hydrogen-bond donors (Lipinski definition) is 2. The van der Waals surface area contributed by atoms with E-state index in [1.807, 2.05) is 18.2 Å². The first-order chi connectivity index (χ1) is 9.28. The standard InChI is InChI=1S/C15H20N2O2/c1-19-14-4-2-3-13(14)17-15(18)10-5-6-11-8-16-9-12(11)7-10/h5-7,13-14,16H,2-4,8-9H2,1H3,(H,17,18). The third-order valence-electron chi connectivity index (χ3n) is 4.17. The second-order valence-corrected chi connectivity index (χ2v) is 5.37. The van der Waals surface area contributed by atoms with E-state index in [4.69, 9.17) is 4.74 Å². The molecule has 1 aromatic rings. The molecule has 2 unspecified atom stereocenters. The van der Waals surface area contributed by atoms with Crippen molar-refractivity contribution in [2.24, 2.45) is 0 Å². The first-order valence-corrected chi connectivity index (χ1v) is 6.94. The zero-order chi connectivity index (χ0) is 13.2. The van der Waals surface area contributed by atoms with Crippen LogP contribution in [0.4, 0.5) is 0 Å². The molecule has 19 heavy (non-hydrogen) atoms. The summed E-state index contributed by atoms with van der Waals surface area (Å²) < 4.78 is 5.41. The van der Waals surface area contributed by atoms with Gasteiger partial charge in [-0.1, -0.05) is 6.07 Å². The van der Waals surface area contributed by atoms with Crippen molar-refractivity contribution in [1.82, 2.24) is 10.6 Å². The van der Waals surface area contributed by atoms with Gasteiger partial charge in [-0.15, -0.1) is 0 Å². The molecule has 0 spiro atoms. The van der Waals surface area contributed by atoms with Crippen LogP contribution >= 0.6 is 0 Å². The van der Waals surface area contributed by atoms with Crippen LogP contribution in [0, 0.1) is 0 Å². The first-order valence-electron chi connectivity index (χ1n) is 6.94. The van der Waals surface area contributed by atoms with Gasteiger partial charge in [-0.05, 0) is 42.5 Å². The Bertz CT molecular complexity index is 487. The fourth-order valence-corrected chi connectivity index (χ4v) is 3.06. The van der Waals surface area contributed by atoms with Crippen molar-refractivity contribution < 1.29 is 9.53 Å². The highest BCUT2D eigenvalue weighted by molar-refractivity contribution is 5.94. The number of nitrogens with one attached hydrogen (secondary N) is 2. The number of carbonyl (C=O) groups excluding carboxylic acids is 1. The first kappa shape index (κ1) is 12.6. The summed E-state index contributed by atoms with van der Waals surface area (Å²) in [5.74, 6) is 0.0173. The lowest BCUT2D eigenvalue weighted by atomic mass is 10.1. The third kappa shape index (κ3) is 2.51. The molecular weight excluding hydrogens is 240 g/mol. The molecule has 1 heterocycles. The Kier molecular flexibility index (Phi) is 3.53. The molecule has 1 aliphatic heterocycles. The number of fused-ring (bicyclic) bond motifs is 1. The number of rotatable bonds is 3. The second-order valence-electron chi connectivity index (χ2n) is 5.37. The summed E-state index contributed by atoms with van der Waals surface area (Å²) in [4.78, 5) is 12.3. The molecule has 102 valence electrons. The molecule has 0 bridgehead atoms. The van der Waals surface area contributed by atoms with Crippen LogP contribution in [-0.4, -0.2) is 25.2 Å². The predicted molar refractivity (Wildman–Crippen MR) is 72.9 cm³/mol. The number of benzene rings is 1. The quantitative estimate of drug-likeness (QED) is 0.867. The van der Waals surface area contributed by atoms with Crippen LogP contribution in [0.25, 0.3) is 0 Å². The molecule has 1 saturated carbocycles. The van der Waals surface area contributed by atoms with Crippen molar-refractivity contribution >= 4 is 5.91 Å². The van der Waals surface area contributed by atoms with Crippen LogP contribution in [0.3, 0.4) is 0 Å². The van der Waals surface area contributed by atoms with E-state index < -0.39 is 0 Å². The van der Waals surface area contributed by atoms with E-state index in [9.17, 15) is 4.79 Å². The van der Waals surface area contributed by atoms with E-state index in [0.717, 1.165) is 37.9 Å². The average Bonchev–Trinajstić information content (AvgIpc) is 3.05. The molecule has 2 aliphatic rings. The zero-order valence-corrected chi connectivity index (χ0v) is 11.2. The summed E-state index contributed by atoms with van der Waals surface area (Å²) in [5, 5.41) is 6.39. The Morgan fingerprint density at radius 3 is 3.00 bits per heavy atom. The van der Waals surface area contributed by atoms with Crippen molar-refractivity contribution in [2.45, 2.75) is 44.5 Å². The minimum Gasteiger partial charge on any atom is -0.379 e. The Balaban J connectivity index is 1.70. The van der Waals surface area contributed by atoms with E-state index in [2.05, 4.69) is 10.6 Å². The summed E-state index contributed by atoms with van der Waals surface area (Å²) in [5.41, 5.74) is 3.29. The van der Waals surface area contributed by atoms with Crippen LogP contribution in [0.5, 0.6) is 0 Å². The van der Waals surface area contributed by atoms with Crippen LogP contribution in [0.2, 0.25) is 0 Å². The molecule has 3 rings (SSSR count). The Morgan fingerprint density at radius 2 is 2.16 bits per heavy atom. The molecule has 2 atom stereocenters. The van der Waals surface area contributed by atoms with Gasteiger partial charge in [0.05, 0.1) is 12.1 Å². The Morgan fingerprint density at radius 1 is 1.32 bits per heavy atom. The van der Waals surface area contributed by atoms with Gasteiger partial charge < -0.3 is 15.4 Å². The van der Waals surface area contributed by atoms with Crippen LogP contribution < -0.4 is 10.6 Å². The molecule has 1 aromatic carbocycles. The van der Waals surface area contributed by atoms with E-state index >= 15 is 0 Å². The van der Waals surface area contributed by atoms with Gasteiger partial charge in [0.25, 0.3) is 5.91 Å². The highest BCUT2D eigenvalue weighted by atomic mass is 16.5. The summed E-state index contributed by atoms with van der Waals surface area (Å²) in [6.07, 6.45) is 3.34. The lowest BCUT2D eigenvalue weighted by molar-refractivity contribution is 0.0722. The minimum absolute atomic E-state index is 0.0173. The lowest BCUT2D eigenvalue weighted by Crippen LogP contribution is -2.40. The fourth-order valence-electron chi connectivity index (χ4n) is 3.06. The average molecular weight is 260 g/mol. The van der Waals surface area contributed by atoms with Crippen LogP contribution in [0.15, 0.2) is 18.2 Å². The summed E-state index contributed by atoms with van der Waals surface area (Å²) in [7, 11) is 1.72. The minimum atomic E-state index is 0.0173. The maximum Gasteiger partial charge on any atom is 0.251 e. The number of hydrogen-bond acceptors (Lipinski definition) is 3. The fraction of sp³-hybridized carbons (Fsp3) is 0.533. The van der Waals surface area contributed by atoms with E-state index in [0.29, 0.717) is 0 Å². The maximum atomic E-state index is 12.3. The Labute approximate surface area is 113 Å². The van der Waals surface area contributed by atoms with Crippen molar-refractivity contribution in [1.29, 1.82) is 0 Å². The molecule has 4 heteroatoms. The smallest absolute Gasteiger partial charge is 0.251 e. The van der Waals surface area contributed by atoms with E-state index in [1.54, 1.807) is 7.11 Å². The monoisotopic (exact) mass is 260 g/mol. The Hall–Kier alpha value is -1.39. The van der Waals surface area contributed by atoms with Crippen molar-refractivity contribution in [2.75, 3.05) is 7.11 Å². The largest absolute Gasteiger partial charge is 0.379 e. The van der Waals surface area contributed by atoms with E-state index in [-0.39, 0.29) is 18.1 Å². The number of carbonyl (C=O) groups is 1. The second kappa shape index (κ2) is 5.31. The van der Waals surface area contributed by atoms with Gasteiger partial charge in [0.15, 0.2) is 0 Å². The highest BCUT2D eigenvalue weighted by Gasteiger charge is 2.28. The molecule has 4 nitrogen and oxygen atoms in total. The summed E-state index contributed by atoms with van der Waals surface area (Å²) in [6.45, 7) is 1.77. The summed E-state index contributed by atoms with van der Waals surface area (Å²) in [6, 6.07) is 6.12. The molecular formula is C15H20N2O2. The van der Waals surface area contributed by atoms with Crippen molar-refractivity contribution in [3.63, 3.8) is 0 Å². The number of amides is 1. The third-order valence-corrected chi connectivity index (χ3v) is 4.17. The van der Waals surface area contributed by atoms with Gasteiger partial charge in [-0.3, -0.25) is 4.79 Å². The number of ether oxygens (including phenoxy) is 1. The molecule has 1 fully saturated rings. The normalized spacial score (nSPS) is 25.3.